The third-order valence-corrected chi connectivity index (χ3v) is 3.61. The first kappa shape index (κ1) is 23.7. The normalized spacial score (nSPS) is 11.0. The van der Waals surface area contributed by atoms with Crippen LogP contribution in [-0.2, 0) is 6.42 Å². The van der Waals surface area contributed by atoms with Gasteiger partial charge in [-0.3, -0.25) is 9.79 Å². The molecule has 2 N–H and O–H groups in total. The molecule has 0 heterocycles. The average molecular weight is 460 g/mol. The SMILES string of the molecule is CCNC(=NCCC(C)C)NCCc1cccc(C(=O)N(C)C)c1.I. The van der Waals surface area contributed by atoms with E-state index in [2.05, 4.69) is 42.5 Å². The van der Waals surface area contributed by atoms with E-state index in [0.29, 0.717) is 5.92 Å². The van der Waals surface area contributed by atoms with Gasteiger partial charge in [-0.05, 0) is 43.4 Å². The number of hydrogen-bond acceptors (Lipinski definition) is 2. The summed E-state index contributed by atoms with van der Waals surface area (Å²) < 4.78 is 0. The fraction of sp³-hybridized carbons (Fsp3) is 0.579. The van der Waals surface area contributed by atoms with Crippen LogP contribution in [0.1, 0.15) is 43.1 Å². The summed E-state index contributed by atoms with van der Waals surface area (Å²) in [5.41, 5.74) is 1.88. The molecule has 0 aromatic heterocycles. The summed E-state index contributed by atoms with van der Waals surface area (Å²) in [5.74, 6) is 1.56. The van der Waals surface area contributed by atoms with Gasteiger partial charge in [-0.2, -0.15) is 0 Å². The Bertz CT molecular complexity index is 544. The zero-order valence-corrected chi connectivity index (χ0v) is 18.5. The highest BCUT2D eigenvalue weighted by atomic mass is 127. The second-order valence-electron chi connectivity index (χ2n) is 6.52. The molecule has 0 saturated carbocycles. The Labute approximate surface area is 169 Å². The fourth-order valence-corrected chi connectivity index (χ4v) is 2.22. The van der Waals surface area contributed by atoms with Crippen molar-refractivity contribution >= 4 is 35.8 Å². The van der Waals surface area contributed by atoms with Crippen molar-refractivity contribution in [2.24, 2.45) is 10.9 Å². The molecular formula is C19H33IN4O. The summed E-state index contributed by atoms with van der Waals surface area (Å²) in [5, 5.41) is 6.62. The van der Waals surface area contributed by atoms with Crippen LogP contribution in [0.25, 0.3) is 0 Å². The van der Waals surface area contributed by atoms with Crippen LogP contribution in [0.2, 0.25) is 0 Å². The topological polar surface area (TPSA) is 56.7 Å². The van der Waals surface area contributed by atoms with Gasteiger partial charge in [0.25, 0.3) is 5.91 Å². The molecule has 0 aliphatic rings. The van der Waals surface area contributed by atoms with E-state index in [1.807, 2.05) is 18.2 Å². The molecule has 0 atom stereocenters. The third kappa shape index (κ3) is 9.67. The van der Waals surface area contributed by atoms with Crippen molar-refractivity contribution < 1.29 is 4.79 Å². The van der Waals surface area contributed by atoms with Gasteiger partial charge in [0.2, 0.25) is 0 Å². The minimum absolute atomic E-state index is 0. The van der Waals surface area contributed by atoms with E-state index >= 15 is 0 Å². The molecule has 0 aliphatic carbocycles. The first-order valence-electron chi connectivity index (χ1n) is 8.76. The summed E-state index contributed by atoms with van der Waals surface area (Å²) in [7, 11) is 3.54. The van der Waals surface area contributed by atoms with Crippen molar-refractivity contribution in [2.45, 2.75) is 33.6 Å². The van der Waals surface area contributed by atoms with Crippen molar-refractivity contribution in [3.05, 3.63) is 35.4 Å². The van der Waals surface area contributed by atoms with Crippen LogP contribution in [0.5, 0.6) is 0 Å². The molecule has 1 rings (SSSR count). The predicted molar refractivity (Wildman–Crippen MR) is 117 cm³/mol. The van der Waals surface area contributed by atoms with Gasteiger partial charge < -0.3 is 15.5 Å². The van der Waals surface area contributed by atoms with Crippen LogP contribution in [0.4, 0.5) is 0 Å². The molecule has 0 unspecified atom stereocenters. The summed E-state index contributed by atoms with van der Waals surface area (Å²) in [4.78, 5) is 18.2. The van der Waals surface area contributed by atoms with E-state index in [9.17, 15) is 4.79 Å². The summed E-state index contributed by atoms with van der Waals surface area (Å²) in [6, 6.07) is 7.81. The lowest BCUT2D eigenvalue weighted by Gasteiger charge is -2.13. The Morgan fingerprint density at radius 2 is 1.96 bits per heavy atom. The van der Waals surface area contributed by atoms with Gasteiger partial charge in [-0.25, -0.2) is 0 Å². The zero-order chi connectivity index (χ0) is 17.9. The van der Waals surface area contributed by atoms with Gasteiger partial charge in [0.1, 0.15) is 0 Å². The van der Waals surface area contributed by atoms with E-state index in [1.165, 1.54) is 0 Å². The van der Waals surface area contributed by atoms with Gasteiger partial charge in [0.15, 0.2) is 5.96 Å². The molecule has 0 saturated heterocycles. The maximum Gasteiger partial charge on any atom is 0.253 e. The molecule has 1 amide bonds. The van der Waals surface area contributed by atoms with E-state index < -0.39 is 0 Å². The largest absolute Gasteiger partial charge is 0.357 e. The molecule has 6 heteroatoms. The number of nitrogens with one attached hydrogen (secondary N) is 2. The summed E-state index contributed by atoms with van der Waals surface area (Å²) in [6.07, 6.45) is 1.94. The van der Waals surface area contributed by atoms with Gasteiger partial charge in [0, 0.05) is 39.3 Å². The van der Waals surface area contributed by atoms with Crippen LogP contribution in [-0.4, -0.2) is 50.5 Å². The van der Waals surface area contributed by atoms with Gasteiger partial charge in [-0.1, -0.05) is 26.0 Å². The Balaban J connectivity index is 0.00000576. The smallest absolute Gasteiger partial charge is 0.253 e. The first-order valence-corrected chi connectivity index (χ1v) is 8.76. The van der Waals surface area contributed by atoms with Crippen LogP contribution >= 0.6 is 24.0 Å². The molecule has 5 nitrogen and oxygen atoms in total. The summed E-state index contributed by atoms with van der Waals surface area (Å²) >= 11 is 0. The number of benzene rings is 1. The van der Waals surface area contributed by atoms with E-state index in [4.69, 9.17) is 0 Å². The maximum atomic E-state index is 12.0. The molecule has 1 aromatic rings. The number of hydrogen-bond donors (Lipinski definition) is 2. The Morgan fingerprint density at radius 1 is 1.24 bits per heavy atom. The number of carbonyl (C=O) groups excluding carboxylic acids is 1. The Kier molecular flexibility index (Phi) is 12.3. The van der Waals surface area contributed by atoms with Crippen LogP contribution in [0, 0.1) is 5.92 Å². The number of aliphatic imine (C=N–C) groups is 1. The van der Waals surface area contributed by atoms with Crippen molar-refractivity contribution in [2.75, 3.05) is 33.7 Å². The average Bonchev–Trinajstić information content (AvgIpc) is 2.54. The monoisotopic (exact) mass is 460 g/mol. The van der Waals surface area contributed by atoms with E-state index in [1.54, 1.807) is 19.0 Å². The van der Waals surface area contributed by atoms with Crippen molar-refractivity contribution in [3.63, 3.8) is 0 Å². The van der Waals surface area contributed by atoms with Crippen molar-refractivity contribution in [1.82, 2.24) is 15.5 Å². The lowest BCUT2D eigenvalue weighted by Crippen LogP contribution is -2.38. The molecular weight excluding hydrogens is 427 g/mol. The number of halogens is 1. The van der Waals surface area contributed by atoms with Gasteiger partial charge >= 0.3 is 0 Å². The molecule has 25 heavy (non-hydrogen) atoms. The van der Waals surface area contributed by atoms with E-state index in [0.717, 1.165) is 49.6 Å². The number of guanidine groups is 1. The number of amides is 1. The minimum Gasteiger partial charge on any atom is -0.357 e. The molecule has 0 fully saturated rings. The van der Waals surface area contributed by atoms with Crippen LogP contribution < -0.4 is 10.6 Å². The fourth-order valence-electron chi connectivity index (χ4n) is 2.22. The quantitative estimate of drug-likeness (QED) is 0.356. The molecule has 0 radical (unpaired) electrons. The van der Waals surface area contributed by atoms with E-state index in [-0.39, 0.29) is 29.9 Å². The molecule has 1 aromatic carbocycles. The van der Waals surface area contributed by atoms with Crippen LogP contribution in [0.3, 0.4) is 0 Å². The van der Waals surface area contributed by atoms with Gasteiger partial charge in [-0.15, -0.1) is 24.0 Å². The van der Waals surface area contributed by atoms with Gasteiger partial charge in [0.05, 0.1) is 0 Å². The highest BCUT2D eigenvalue weighted by molar-refractivity contribution is 14.0. The second-order valence-corrected chi connectivity index (χ2v) is 6.52. The third-order valence-electron chi connectivity index (χ3n) is 3.61. The Hall–Kier alpha value is -1.31. The highest BCUT2D eigenvalue weighted by Gasteiger charge is 2.08. The Morgan fingerprint density at radius 3 is 2.56 bits per heavy atom. The van der Waals surface area contributed by atoms with Crippen LogP contribution in [0.15, 0.2) is 29.3 Å². The molecule has 0 aliphatic heterocycles. The predicted octanol–water partition coefficient (Wildman–Crippen LogP) is 3.15. The highest BCUT2D eigenvalue weighted by Crippen LogP contribution is 2.07. The van der Waals surface area contributed by atoms with Crippen molar-refractivity contribution in [1.29, 1.82) is 0 Å². The number of carbonyl (C=O) groups is 1. The zero-order valence-electron chi connectivity index (χ0n) is 16.1. The number of nitrogens with zero attached hydrogens (tertiary/aromatic N) is 2. The maximum absolute atomic E-state index is 12.0. The minimum atomic E-state index is 0. The van der Waals surface area contributed by atoms with Crippen molar-refractivity contribution in [3.8, 4) is 0 Å². The second kappa shape index (κ2) is 13.0. The summed E-state index contributed by atoms with van der Waals surface area (Å²) in [6.45, 7) is 8.94. The standard InChI is InChI=1S/C19H32N4O.HI/c1-6-20-19(21-12-10-15(2)3)22-13-11-16-8-7-9-17(14-16)18(24)23(4)5;/h7-9,14-15H,6,10-13H2,1-5H3,(H2,20,21,22);1H. The first-order chi connectivity index (χ1) is 11.4. The molecule has 0 bridgehead atoms. The molecule has 0 spiro atoms. The lowest BCUT2D eigenvalue weighted by atomic mass is 10.1. The lowest BCUT2D eigenvalue weighted by molar-refractivity contribution is 0.0827. The number of rotatable bonds is 8. The molecule has 142 valence electrons.